The Labute approximate surface area is 125 Å². The number of hydrogen-bond donors (Lipinski definition) is 0. The molecule has 0 unspecified atom stereocenters. The molecule has 0 heterocycles. The van der Waals surface area contributed by atoms with Crippen LogP contribution in [0.15, 0.2) is 0 Å². The van der Waals surface area contributed by atoms with Crippen molar-refractivity contribution in [2.45, 2.75) is 61.5 Å². The van der Waals surface area contributed by atoms with E-state index in [0.717, 1.165) is 19.3 Å². The first-order valence-corrected chi connectivity index (χ1v) is 10.8. The summed E-state index contributed by atoms with van der Waals surface area (Å²) in [5, 5.41) is 0. The number of rotatable bonds is 10. The van der Waals surface area contributed by atoms with Crippen LogP contribution in [0, 0.1) is 0 Å². The van der Waals surface area contributed by atoms with Crippen LogP contribution in [0.1, 0.15) is 39.0 Å². The van der Waals surface area contributed by atoms with Crippen LogP contribution in [-0.4, -0.2) is 44.8 Å². The summed E-state index contributed by atoms with van der Waals surface area (Å²) in [6.07, 6.45) is -2.49. The minimum atomic E-state index is -6.39. The molecule has 0 amide bonds. The van der Waals surface area contributed by atoms with Gasteiger partial charge in [-0.05, 0) is 0 Å². The van der Waals surface area contributed by atoms with Gasteiger partial charge < -0.3 is 0 Å². The summed E-state index contributed by atoms with van der Waals surface area (Å²) in [6, 6.07) is 0. The Hall–Kier alpha value is 0.0687. The van der Waals surface area contributed by atoms with E-state index in [1.165, 1.54) is 0 Å². The Kier molecular flexibility index (Phi) is 8.66. The van der Waals surface area contributed by atoms with Crippen molar-refractivity contribution < 1.29 is 36.9 Å². The predicted molar refractivity (Wildman–Crippen MR) is 61.9 cm³/mol. The summed E-state index contributed by atoms with van der Waals surface area (Å²) in [5.74, 6) is -11.6. The molecule has 0 aliphatic heterocycles. The first kappa shape index (κ1) is 21.1. The Bertz CT molecular complexity index is 331. The second-order valence-corrected chi connectivity index (χ2v) is 8.54. The van der Waals surface area contributed by atoms with Gasteiger partial charge in [-0.1, -0.05) is 0 Å². The molecule has 0 saturated heterocycles. The molecule has 10 heteroatoms. The molecule has 0 radical (unpaired) electrons. The van der Waals surface area contributed by atoms with Gasteiger partial charge >= 0.3 is 125 Å². The van der Waals surface area contributed by atoms with E-state index >= 15 is 0 Å². The third-order valence-corrected chi connectivity index (χ3v) is 6.29. The van der Waals surface area contributed by atoms with E-state index in [0.29, 0.717) is 12.8 Å². The summed E-state index contributed by atoms with van der Waals surface area (Å²) in [4.78, 5) is 0. The zero-order chi connectivity index (χ0) is 16.7. The molecule has 0 aliphatic carbocycles. The van der Waals surface area contributed by atoms with Crippen molar-refractivity contribution in [1.82, 2.24) is 0 Å². The average molecular weight is 433 g/mol. The van der Waals surface area contributed by atoms with Gasteiger partial charge in [-0.2, -0.15) is 0 Å². The summed E-state index contributed by atoms with van der Waals surface area (Å²) < 4.78 is 100. The second-order valence-electron chi connectivity index (χ2n) is 4.59. The van der Waals surface area contributed by atoms with E-state index in [2.05, 4.69) is 3.07 Å². The number of hydrogen-bond acceptors (Lipinski definition) is 2. The van der Waals surface area contributed by atoms with Gasteiger partial charge in [-0.25, -0.2) is 0 Å². The molecule has 0 saturated carbocycles. The van der Waals surface area contributed by atoms with Crippen molar-refractivity contribution in [2.75, 3.05) is 6.61 Å². The van der Waals surface area contributed by atoms with E-state index in [-0.39, 0.29) is 6.61 Å². The monoisotopic (exact) mass is 434 g/mol. The fourth-order valence-corrected chi connectivity index (χ4v) is 4.46. The van der Waals surface area contributed by atoms with Gasteiger partial charge in [0.15, 0.2) is 0 Å². The zero-order valence-corrected chi connectivity index (χ0v) is 14.3. The van der Waals surface area contributed by atoms with Crippen LogP contribution in [0.25, 0.3) is 0 Å². The molecule has 0 aromatic heterocycles. The van der Waals surface area contributed by atoms with Crippen LogP contribution in [0.4, 0.5) is 30.7 Å². The van der Waals surface area contributed by atoms with Crippen LogP contribution >= 0.6 is 0 Å². The van der Waals surface area contributed by atoms with E-state index in [1.54, 1.807) is 0 Å². The summed E-state index contributed by atoms with van der Waals surface area (Å²) in [6.45, 7) is 1.82. The maximum absolute atomic E-state index is 12.9. The van der Waals surface area contributed by atoms with Gasteiger partial charge in [-0.15, -0.1) is 0 Å². The van der Waals surface area contributed by atoms with Crippen molar-refractivity contribution in [3.63, 3.8) is 0 Å². The number of halogens is 7. The number of unbranched alkanes of at least 4 members (excludes halogenated alkanes) is 4. The van der Waals surface area contributed by atoms with Crippen molar-refractivity contribution in [1.29, 1.82) is 0 Å². The second kappa shape index (κ2) is 8.64. The molecule has 0 bridgehead atoms. The molecule has 126 valence electrons. The van der Waals surface area contributed by atoms with Crippen LogP contribution in [0.5, 0.6) is 0 Å². The molecular formula is C11H17F7O2Sn. The van der Waals surface area contributed by atoms with Gasteiger partial charge in [0.05, 0.1) is 0 Å². The first-order chi connectivity index (χ1) is 9.45. The van der Waals surface area contributed by atoms with Gasteiger partial charge in [0.2, 0.25) is 0 Å². The van der Waals surface area contributed by atoms with E-state index in [4.69, 9.17) is 0 Å². The molecule has 0 spiro atoms. The predicted octanol–water partition coefficient (Wildman–Crippen LogP) is 4.73. The van der Waals surface area contributed by atoms with E-state index in [9.17, 15) is 33.8 Å². The van der Waals surface area contributed by atoms with Gasteiger partial charge in [0.25, 0.3) is 0 Å². The average Bonchev–Trinajstić information content (AvgIpc) is 2.31. The maximum atomic E-state index is 12.9. The fraction of sp³-hybridized carbons (Fsp3) is 1.00. The Balaban J connectivity index is 4.25. The normalized spacial score (nSPS) is 13.5. The molecule has 0 N–H and O–H groups in total. The van der Waals surface area contributed by atoms with Crippen LogP contribution in [-0.2, 0) is 6.15 Å². The summed E-state index contributed by atoms with van der Waals surface area (Å²) in [7, 11) is 0. The molecule has 21 heavy (non-hydrogen) atoms. The van der Waals surface area contributed by atoms with Crippen LogP contribution in [0.3, 0.4) is 0 Å². The van der Waals surface area contributed by atoms with Crippen molar-refractivity contribution in [2.24, 2.45) is 0 Å². The topological polar surface area (TPSA) is 26.3 Å². The molecule has 0 fully saturated rings. The molecule has 0 aromatic rings. The Morgan fingerprint density at radius 2 is 1.43 bits per heavy atom. The molecule has 2 nitrogen and oxygen atoms in total. The van der Waals surface area contributed by atoms with Crippen molar-refractivity contribution in [3.05, 3.63) is 0 Å². The van der Waals surface area contributed by atoms with Gasteiger partial charge in [-0.3, -0.25) is 0 Å². The molecule has 0 rings (SSSR count). The molecule has 0 atom stereocenters. The fourth-order valence-electron chi connectivity index (χ4n) is 1.44. The third-order valence-electron chi connectivity index (χ3n) is 2.69. The third kappa shape index (κ3) is 6.79. The van der Waals surface area contributed by atoms with Crippen LogP contribution < -0.4 is 0 Å². The Morgan fingerprint density at radius 1 is 0.905 bits per heavy atom. The SMILES string of the molecule is CCCCCCC[O][Sn](=[O])[CH2]C(F)(F)C(F)(F)C(F)(F)F. The quantitative estimate of drug-likeness (QED) is 0.283. The van der Waals surface area contributed by atoms with E-state index < -0.39 is 42.6 Å². The zero-order valence-electron chi connectivity index (χ0n) is 11.4. The first-order valence-electron chi connectivity index (χ1n) is 6.43. The molecular weight excluding hydrogens is 416 g/mol. The van der Waals surface area contributed by atoms with Gasteiger partial charge in [0, 0.05) is 0 Å². The minimum absolute atomic E-state index is 0.157. The van der Waals surface area contributed by atoms with E-state index in [1.807, 2.05) is 6.92 Å². The summed E-state index contributed by atoms with van der Waals surface area (Å²) >= 11 is -4.63. The van der Waals surface area contributed by atoms with Gasteiger partial charge in [0.1, 0.15) is 0 Å². The van der Waals surface area contributed by atoms with Crippen LogP contribution in [0.2, 0.25) is 4.44 Å². The molecule has 0 aromatic carbocycles. The molecule has 0 aliphatic rings. The summed E-state index contributed by atoms with van der Waals surface area (Å²) in [5.41, 5.74) is 0. The standard InChI is InChI=1S/C7H15O.C4H2F7.O.Sn/c1-2-3-4-5-6-7-8;1-2(5,6)3(7,8)4(9,10)11;;/h2-7H2,1H3;1H2;;/q-1;;;+1. The number of alkyl halides is 7. The Morgan fingerprint density at radius 3 is 1.90 bits per heavy atom. The van der Waals surface area contributed by atoms with Crippen molar-refractivity contribution >= 4 is 20.2 Å². The van der Waals surface area contributed by atoms with Crippen molar-refractivity contribution in [3.8, 4) is 0 Å².